The Balaban J connectivity index is 2.63. The van der Waals surface area contributed by atoms with Crippen LogP contribution in [0.4, 0.5) is 5.69 Å². The Morgan fingerprint density at radius 2 is 1.96 bits per heavy atom. The molecule has 0 heterocycles. The molecular formula is C18H30N2O3. The number of likely N-dealkylation sites (N-methyl/N-ethyl adjacent to an activating group) is 1. The van der Waals surface area contributed by atoms with Gasteiger partial charge in [0.1, 0.15) is 12.4 Å². The molecule has 0 bridgehead atoms. The number of hydrogen-bond donors (Lipinski definition) is 1. The second-order valence-electron chi connectivity index (χ2n) is 5.62. The maximum atomic E-state index is 12.2. The van der Waals surface area contributed by atoms with Gasteiger partial charge >= 0.3 is 5.97 Å². The molecule has 1 aromatic rings. The Morgan fingerprint density at radius 3 is 2.57 bits per heavy atom. The average Bonchev–Trinajstić information content (AvgIpc) is 2.55. The number of ether oxygens (including phenoxy) is 2. The fourth-order valence-corrected chi connectivity index (χ4v) is 2.34. The number of carbonyl (C=O) groups excluding carboxylic acids is 1. The van der Waals surface area contributed by atoms with E-state index in [9.17, 15) is 4.79 Å². The highest BCUT2D eigenvalue weighted by Gasteiger charge is 2.15. The van der Waals surface area contributed by atoms with Crippen LogP contribution in [0.25, 0.3) is 0 Å². The number of unbranched alkanes of at least 4 members (excludes halogenated alkanes) is 1. The molecule has 130 valence electrons. The van der Waals surface area contributed by atoms with Crippen LogP contribution in [-0.4, -0.2) is 43.2 Å². The molecule has 1 aromatic carbocycles. The Kier molecular flexibility index (Phi) is 8.48. The lowest BCUT2D eigenvalue weighted by molar-refractivity contribution is 0.0381. The number of anilines is 1. The molecule has 0 saturated heterocycles. The smallest absolute Gasteiger partial charge is 0.338 e. The van der Waals surface area contributed by atoms with Gasteiger partial charge in [0.25, 0.3) is 0 Å². The first kappa shape index (κ1) is 19.3. The lowest BCUT2D eigenvalue weighted by Gasteiger charge is -2.25. The minimum absolute atomic E-state index is 0.197. The van der Waals surface area contributed by atoms with Crippen molar-refractivity contribution in [2.75, 3.05) is 32.0 Å². The van der Waals surface area contributed by atoms with E-state index in [0.29, 0.717) is 30.2 Å². The SMILES string of the molecule is CCCCOc1cc(C(=O)OC[C@H](C)N(CC)CC)ccc1N. The first-order chi connectivity index (χ1) is 11.0. The van der Waals surface area contributed by atoms with Gasteiger partial charge in [-0.15, -0.1) is 0 Å². The van der Waals surface area contributed by atoms with Crippen molar-refractivity contribution >= 4 is 11.7 Å². The molecule has 1 atom stereocenters. The van der Waals surface area contributed by atoms with Crippen LogP contribution < -0.4 is 10.5 Å². The molecule has 0 spiro atoms. The first-order valence-corrected chi connectivity index (χ1v) is 8.46. The zero-order chi connectivity index (χ0) is 17.2. The zero-order valence-corrected chi connectivity index (χ0v) is 14.8. The van der Waals surface area contributed by atoms with Crippen LogP contribution in [0.15, 0.2) is 18.2 Å². The summed E-state index contributed by atoms with van der Waals surface area (Å²) in [5, 5.41) is 0. The van der Waals surface area contributed by atoms with Crippen molar-refractivity contribution in [3.63, 3.8) is 0 Å². The van der Waals surface area contributed by atoms with Gasteiger partial charge < -0.3 is 15.2 Å². The summed E-state index contributed by atoms with van der Waals surface area (Å²) in [4.78, 5) is 14.5. The minimum atomic E-state index is -0.343. The standard InChI is InChI=1S/C18H30N2O3/c1-5-8-11-22-17-12-15(9-10-16(17)19)18(21)23-13-14(4)20(6-2)7-3/h9-10,12,14H,5-8,11,13,19H2,1-4H3/t14-/m0/s1. The van der Waals surface area contributed by atoms with Gasteiger partial charge in [0, 0.05) is 6.04 Å². The lowest BCUT2D eigenvalue weighted by Crippen LogP contribution is -2.36. The van der Waals surface area contributed by atoms with Crippen molar-refractivity contribution < 1.29 is 14.3 Å². The third-order valence-electron chi connectivity index (χ3n) is 3.90. The zero-order valence-electron chi connectivity index (χ0n) is 14.8. The molecule has 0 amide bonds. The Morgan fingerprint density at radius 1 is 1.26 bits per heavy atom. The van der Waals surface area contributed by atoms with Gasteiger partial charge in [-0.25, -0.2) is 4.79 Å². The van der Waals surface area contributed by atoms with Gasteiger partial charge in [0.05, 0.1) is 17.9 Å². The number of nitrogens with zero attached hydrogens (tertiary/aromatic N) is 1. The van der Waals surface area contributed by atoms with Crippen LogP contribution in [0, 0.1) is 0 Å². The van der Waals surface area contributed by atoms with E-state index in [4.69, 9.17) is 15.2 Å². The van der Waals surface area contributed by atoms with Crippen LogP contribution in [0.3, 0.4) is 0 Å². The molecule has 0 fully saturated rings. The van der Waals surface area contributed by atoms with Crippen molar-refractivity contribution in [1.82, 2.24) is 4.90 Å². The third-order valence-corrected chi connectivity index (χ3v) is 3.90. The molecule has 0 saturated carbocycles. The van der Waals surface area contributed by atoms with Gasteiger partial charge in [0.15, 0.2) is 0 Å². The maximum absolute atomic E-state index is 12.2. The molecule has 0 aromatic heterocycles. The summed E-state index contributed by atoms with van der Waals surface area (Å²) < 4.78 is 11.0. The van der Waals surface area contributed by atoms with E-state index >= 15 is 0 Å². The second kappa shape index (κ2) is 10.1. The number of benzene rings is 1. The highest BCUT2D eigenvalue weighted by Crippen LogP contribution is 2.23. The summed E-state index contributed by atoms with van der Waals surface area (Å²) in [6.07, 6.45) is 2.00. The van der Waals surface area contributed by atoms with E-state index < -0.39 is 0 Å². The fourth-order valence-electron chi connectivity index (χ4n) is 2.34. The van der Waals surface area contributed by atoms with Crippen molar-refractivity contribution in [2.24, 2.45) is 0 Å². The van der Waals surface area contributed by atoms with Gasteiger partial charge in [-0.3, -0.25) is 4.90 Å². The van der Waals surface area contributed by atoms with E-state index in [2.05, 4.69) is 32.6 Å². The molecule has 0 unspecified atom stereocenters. The summed E-state index contributed by atoms with van der Waals surface area (Å²) >= 11 is 0. The number of nitrogen functional groups attached to an aromatic ring is 1. The summed E-state index contributed by atoms with van der Waals surface area (Å²) in [7, 11) is 0. The number of rotatable bonds is 10. The van der Waals surface area contributed by atoms with Crippen molar-refractivity contribution in [3.8, 4) is 5.75 Å². The molecule has 5 nitrogen and oxygen atoms in total. The van der Waals surface area contributed by atoms with E-state index in [1.54, 1.807) is 18.2 Å². The number of hydrogen-bond acceptors (Lipinski definition) is 5. The number of nitrogens with two attached hydrogens (primary N) is 1. The Bertz CT molecular complexity index is 487. The van der Waals surface area contributed by atoms with Gasteiger partial charge in [-0.05, 0) is 44.6 Å². The normalized spacial score (nSPS) is 12.2. The van der Waals surface area contributed by atoms with E-state index in [1.165, 1.54) is 0 Å². The van der Waals surface area contributed by atoms with Crippen molar-refractivity contribution in [1.29, 1.82) is 0 Å². The lowest BCUT2D eigenvalue weighted by atomic mass is 10.2. The van der Waals surface area contributed by atoms with Gasteiger partial charge in [-0.2, -0.15) is 0 Å². The van der Waals surface area contributed by atoms with Crippen LogP contribution >= 0.6 is 0 Å². The van der Waals surface area contributed by atoms with Crippen LogP contribution in [0.5, 0.6) is 5.75 Å². The molecule has 23 heavy (non-hydrogen) atoms. The monoisotopic (exact) mass is 322 g/mol. The molecular weight excluding hydrogens is 292 g/mol. The topological polar surface area (TPSA) is 64.8 Å². The quantitative estimate of drug-likeness (QED) is 0.406. The number of carbonyl (C=O) groups is 1. The third kappa shape index (κ3) is 6.10. The fraction of sp³-hybridized carbons (Fsp3) is 0.611. The van der Waals surface area contributed by atoms with Crippen LogP contribution in [0.1, 0.15) is 50.9 Å². The van der Waals surface area contributed by atoms with E-state index in [-0.39, 0.29) is 12.0 Å². The Labute approximate surface area is 139 Å². The summed E-state index contributed by atoms with van der Waals surface area (Å²) in [5.74, 6) is 0.203. The predicted molar refractivity (Wildman–Crippen MR) is 93.9 cm³/mol. The van der Waals surface area contributed by atoms with E-state index in [1.807, 2.05) is 0 Å². The van der Waals surface area contributed by atoms with Crippen LogP contribution in [-0.2, 0) is 4.74 Å². The first-order valence-electron chi connectivity index (χ1n) is 8.46. The van der Waals surface area contributed by atoms with E-state index in [0.717, 1.165) is 25.9 Å². The van der Waals surface area contributed by atoms with Crippen LogP contribution in [0.2, 0.25) is 0 Å². The summed E-state index contributed by atoms with van der Waals surface area (Å²) in [5.41, 5.74) is 6.89. The van der Waals surface area contributed by atoms with Gasteiger partial charge in [0.2, 0.25) is 0 Å². The maximum Gasteiger partial charge on any atom is 0.338 e. The average molecular weight is 322 g/mol. The van der Waals surface area contributed by atoms with Crippen molar-refractivity contribution in [3.05, 3.63) is 23.8 Å². The second-order valence-corrected chi connectivity index (χ2v) is 5.62. The Hall–Kier alpha value is -1.75. The van der Waals surface area contributed by atoms with Gasteiger partial charge in [-0.1, -0.05) is 27.2 Å². The molecule has 0 aliphatic carbocycles. The minimum Gasteiger partial charge on any atom is -0.491 e. The molecule has 2 N–H and O–H groups in total. The summed E-state index contributed by atoms with van der Waals surface area (Å²) in [6, 6.07) is 5.22. The molecule has 1 rings (SSSR count). The highest BCUT2D eigenvalue weighted by molar-refractivity contribution is 5.90. The predicted octanol–water partition coefficient (Wildman–Crippen LogP) is 3.33. The molecule has 0 aliphatic heterocycles. The molecule has 0 aliphatic rings. The molecule has 0 radical (unpaired) electrons. The largest absolute Gasteiger partial charge is 0.491 e. The van der Waals surface area contributed by atoms with Crippen molar-refractivity contribution in [2.45, 2.75) is 46.6 Å². The molecule has 5 heteroatoms. The highest BCUT2D eigenvalue weighted by atomic mass is 16.5. The summed E-state index contributed by atoms with van der Waals surface area (Å²) in [6.45, 7) is 11.2. The number of esters is 1.